The van der Waals surface area contributed by atoms with E-state index >= 15 is 0 Å². The van der Waals surface area contributed by atoms with Crippen LogP contribution in [-0.4, -0.2) is 39.3 Å². The molecule has 32 heavy (non-hydrogen) atoms. The summed E-state index contributed by atoms with van der Waals surface area (Å²) in [5.74, 6) is -1.44. The lowest BCUT2D eigenvalue weighted by atomic mass is 10.1. The number of nitrogens with one attached hydrogen (secondary N) is 1. The third-order valence-electron chi connectivity index (χ3n) is 4.49. The highest BCUT2D eigenvalue weighted by Crippen LogP contribution is 2.31. The number of fused-ring (bicyclic) bond motifs is 2. The molecule has 4 aromatic rings. The lowest BCUT2D eigenvalue weighted by Crippen LogP contribution is -2.26. The van der Waals surface area contributed by atoms with Crippen molar-refractivity contribution in [2.45, 2.75) is 19.1 Å². The number of halogens is 4. The molecule has 12 heteroatoms. The Morgan fingerprint density at radius 3 is 2.81 bits per heavy atom. The Bertz CT molecular complexity index is 1330. The van der Waals surface area contributed by atoms with Crippen LogP contribution in [0.15, 0.2) is 47.3 Å². The van der Waals surface area contributed by atoms with Crippen molar-refractivity contribution >= 4 is 40.1 Å². The molecule has 0 bridgehead atoms. The maximum absolute atomic E-state index is 12.7. The van der Waals surface area contributed by atoms with Gasteiger partial charge in [-0.15, -0.1) is 0 Å². The lowest BCUT2D eigenvalue weighted by Gasteiger charge is -2.10. The van der Waals surface area contributed by atoms with Gasteiger partial charge in [0.1, 0.15) is 22.5 Å². The van der Waals surface area contributed by atoms with Gasteiger partial charge in [-0.1, -0.05) is 11.6 Å². The average Bonchev–Trinajstić information content (AvgIpc) is 3.35. The van der Waals surface area contributed by atoms with Crippen molar-refractivity contribution in [2.24, 2.45) is 0 Å². The first kappa shape index (κ1) is 21.6. The molecule has 0 saturated heterocycles. The van der Waals surface area contributed by atoms with E-state index in [9.17, 15) is 22.8 Å². The van der Waals surface area contributed by atoms with Crippen molar-refractivity contribution < 1.29 is 31.9 Å². The molecular formula is C20H14ClF3N4O4. The van der Waals surface area contributed by atoms with Gasteiger partial charge in [0.15, 0.2) is 12.3 Å². The van der Waals surface area contributed by atoms with Crippen LogP contribution in [0.25, 0.3) is 16.6 Å². The molecule has 1 atom stereocenters. The van der Waals surface area contributed by atoms with E-state index < -0.39 is 30.7 Å². The Kier molecular flexibility index (Phi) is 5.51. The minimum absolute atomic E-state index is 0.00433. The first-order valence-corrected chi connectivity index (χ1v) is 9.56. The van der Waals surface area contributed by atoms with E-state index in [1.807, 2.05) is 0 Å². The number of hydrogen-bond donors (Lipinski definition) is 1. The standard InChI is InChI=1S/C20H14ClF3N4O4/c1-10(27-18(29)14-8-26-28-4-2-3-25-17(14)28)15-6-11-5-12(21)7-13(16(11)32-15)19(30)31-9-20(22,23)24/h2-8,10H,9H2,1H3,(H,27,29)/t10-/m0/s1. The Morgan fingerprint density at radius 1 is 1.28 bits per heavy atom. The summed E-state index contributed by atoms with van der Waals surface area (Å²) in [6, 6.07) is 5.17. The number of amides is 1. The summed E-state index contributed by atoms with van der Waals surface area (Å²) in [7, 11) is 0. The number of aromatic nitrogens is 3. The van der Waals surface area contributed by atoms with Crippen molar-refractivity contribution in [1.29, 1.82) is 0 Å². The maximum Gasteiger partial charge on any atom is 0.422 e. The fraction of sp³-hybridized carbons (Fsp3) is 0.200. The summed E-state index contributed by atoms with van der Waals surface area (Å²) in [5.41, 5.74) is 0.347. The number of rotatable bonds is 5. The second-order valence-corrected chi connectivity index (χ2v) is 7.29. The molecule has 166 valence electrons. The molecule has 8 nitrogen and oxygen atoms in total. The van der Waals surface area contributed by atoms with Gasteiger partial charge >= 0.3 is 12.1 Å². The first-order chi connectivity index (χ1) is 15.1. The lowest BCUT2D eigenvalue weighted by molar-refractivity contribution is -0.161. The van der Waals surface area contributed by atoms with Gasteiger partial charge in [-0.25, -0.2) is 14.3 Å². The molecule has 3 heterocycles. The normalized spacial score (nSPS) is 12.8. The minimum Gasteiger partial charge on any atom is -0.458 e. The Hall–Kier alpha value is -3.60. The quantitative estimate of drug-likeness (QED) is 0.439. The van der Waals surface area contributed by atoms with E-state index in [-0.39, 0.29) is 27.5 Å². The number of furan rings is 1. The summed E-state index contributed by atoms with van der Waals surface area (Å²) < 4.78 is 48.6. The average molecular weight is 467 g/mol. The summed E-state index contributed by atoms with van der Waals surface area (Å²) in [6.45, 7) is -0.106. The Morgan fingerprint density at radius 2 is 2.06 bits per heavy atom. The number of alkyl halides is 3. The third-order valence-corrected chi connectivity index (χ3v) is 4.70. The highest BCUT2D eigenvalue weighted by Gasteiger charge is 2.31. The Labute approximate surface area is 182 Å². The molecule has 0 aliphatic rings. The van der Waals surface area contributed by atoms with Gasteiger partial charge in [-0.2, -0.15) is 18.3 Å². The molecule has 0 aliphatic carbocycles. The highest BCUT2D eigenvalue weighted by molar-refractivity contribution is 6.32. The van der Waals surface area contributed by atoms with Gasteiger partial charge in [0.05, 0.1) is 12.2 Å². The number of carbonyl (C=O) groups is 2. The number of hydrogen-bond acceptors (Lipinski definition) is 6. The van der Waals surface area contributed by atoms with Gasteiger partial charge in [-0.05, 0) is 31.2 Å². The molecule has 0 aliphatic heterocycles. The van der Waals surface area contributed by atoms with Crippen molar-refractivity contribution in [2.75, 3.05) is 6.61 Å². The predicted octanol–water partition coefficient (Wildman–Crippen LogP) is 4.34. The molecule has 1 aromatic carbocycles. The van der Waals surface area contributed by atoms with E-state index in [0.29, 0.717) is 11.0 Å². The van der Waals surface area contributed by atoms with E-state index in [4.69, 9.17) is 16.0 Å². The van der Waals surface area contributed by atoms with Crippen LogP contribution in [0.4, 0.5) is 13.2 Å². The molecule has 4 rings (SSSR count). The van der Waals surface area contributed by atoms with Crippen LogP contribution in [0.5, 0.6) is 0 Å². The van der Waals surface area contributed by atoms with Crippen molar-refractivity contribution in [3.05, 3.63) is 64.8 Å². The second-order valence-electron chi connectivity index (χ2n) is 6.85. The van der Waals surface area contributed by atoms with E-state index in [0.717, 1.165) is 6.07 Å². The molecule has 0 spiro atoms. The van der Waals surface area contributed by atoms with Crippen LogP contribution in [0.3, 0.4) is 0 Å². The topological polar surface area (TPSA) is 98.7 Å². The number of benzene rings is 1. The van der Waals surface area contributed by atoms with Crippen LogP contribution in [0.2, 0.25) is 5.02 Å². The molecule has 1 amide bonds. The largest absolute Gasteiger partial charge is 0.458 e. The summed E-state index contributed by atoms with van der Waals surface area (Å²) in [6.07, 6.45) is -0.129. The summed E-state index contributed by atoms with van der Waals surface area (Å²) in [4.78, 5) is 29.0. The minimum atomic E-state index is -4.67. The van der Waals surface area contributed by atoms with Gasteiger partial charge < -0.3 is 14.5 Å². The van der Waals surface area contributed by atoms with Crippen LogP contribution in [0.1, 0.15) is 39.4 Å². The van der Waals surface area contributed by atoms with Gasteiger partial charge in [0.25, 0.3) is 5.91 Å². The third kappa shape index (κ3) is 4.37. The summed E-state index contributed by atoms with van der Waals surface area (Å²) in [5, 5.41) is 7.26. The Balaban J connectivity index is 1.59. The first-order valence-electron chi connectivity index (χ1n) is 9.18. The monoisotopic (exact) mass is 466 g/mol. The molecule has 0 fully saturated rings. The van der Waals surface area contributed by atoms with Gasteiger partial charge in [-0.3, -0.25) is 4.79 Å². The fourth-order valence-electron chi connectivity index (χ4n) is 3.06. The second kappa shape index (κ2) is 8.15. The highest BCUT2D eigenvalue weighted by atomic mass is 35.5. The smallest absolute Gasteiger partial charge is 0.422 e. The van der Waals surface area contributed by atoms with Crippen molar-refractivity contribution in [3.8, 4) is 0 Å². The van der Waals surface area contributed by atoms with E-state index in [1.165, 1.54) is 29.0 Å². The van der Waals surface area contributed by atoms with Gasteiger partial charge in [0, 0.05) is 22.8 Å². The van der Waals surface area contributed by atoms with Crippen molar-refractivity contribution in [3.63, 3.8) is 0 Å². The van der Waals surface area contributed by atoms with E-state index in [1.54, 1.807) is 19.2 Å². The van der Waals surface area contributed by atoms with E-state index in [2.05, 4.69) is 20.1 Å². The van der Waals surface area contributed by atoms with Crippen molar-refractivity contribution in [1.82, 2.24) is 19.9 Å². The van der Waals surface area contributed by atoms with Crippen LogP contribution in [-0.2, 0) is 4.74 Å². The van der Waals surface area contributed by atoms with Crippen LogP contribution < -0.4 is 5.32 Å². The number of nitrogens with zero attached hydrogens (tertiary/aromatic N) is 3. The predicted molar refractivity (Wildman–Crippen MR) is 106 cm³/mol. The summed E-state index contributed by atoms with van der Waals surface area (Å²) >= 11 is 6.00. The number of esters is 1. The SMILES string of the molecule is C[C@H](NC(=O)c1cnn2cccnc12)c1cc2cc(Cl)cc(C(=O)OCC(F)(F)F)c2o1. The zero-order valence-corrected chi connectivity index (χ0v) is 17.1. The molecule has 0 saturated carbocycles. The molecule has 3 aromatic heterocycles. The maximum atomic E-state index is 12.7. The van der Waals surface area contributed by atoms with Crippen LogP contribution >= 0.6 is 11.6 Å². The molecule has 0 unspecified atom stereocenters. The van der Waals surface area contributed by atoms with Gasteiger partial charge in [0.2, 0.25) is 0 Å². The number of ether oxygens (including phenoxy) is 1. The zero-order valence-electron chi connectivity index (χ0n) is 16.3. The zero-order chi connectivity index (χ0) is 23.0. The fourth-order valence-corrected chi connectivity index (χ4v) is 3.29. The molecular weight excluding hydrogens is 453 g/mol. The number of carbonyl (C=O) groups excluding carboxylic acids is 2. The van der Waals surface area contributed by atoms with Crippen LogP contribution in [0, 0.1) is 0 Å². The molecule has 1 N–H and O–H groups in total. The molecule has 0 radical (unpaired) electrons.